The number of rotatable bonds is 37. The van der Waals surface area contributed by atoms with Crippen molar-refractivity contribution in [2.24, 2.45) is 0 Å². The minimum atomic E-state index is -4.02. The smallest absolute Gasteiger partial charge is 0.415 e. The Bertz CT molecular complexity index is 2770. The largest absolute Gasteiger partial charge is 0.497 e. The second-order valence-corrected chi connectivity index (χ2v) is 22.2. The lowest BCUT2D eigenvalue weighted by Gasteiger charge is -2.26. The molecule has 13 nitrogen and oxygen atoms in total. The van der Waals surface area contributed by atoms with Gasteiger partial charge in [0.2, 0.25) is 27.8 Å². The lowest BCUT2D eigenvalue weighted by Crippen LogP contribution is -2.43. The molecule has 5 aromatic rings. The molecular formula is C62H82ClN5O8S. The van der Waals surface area contributed by atoms with Crippen LogP contribution in [0.3, 0.4) is 0 Å². The van der Waals surface area contributed by atoms with E-state index in [-0.39, 0.29) is 45.7 Å². The molecule has 0 aliphatic carbocycles. The highest BCUT2D eigenvalue weighted by Gasteiger charge is 2.35. The maximum Gasteiger partial charge on any atom is 0.415 e. The van der Waals surface area contributed by atoms with Gasteiger partial charge in [0.15, 0.2) is 5.58 Å². The monoisotopic (exact) mass is 1090 g/mol. The molecule has 1 atom stereocenters. The van der Waals surface area contributed by atoms with E-state index in [4.69, 9.17) is 25.5 Å². The molecule has 0 spiro atoms. The molecule has 0 radical (unpaired) electrons. The van der Waals surface area contributed by atoms with E-state index in [1.165, 1.54) is 139 Å². The van der Waals surface area contributed by atoms with Gasteiger partial charge in [-0.15, -0.1) is 0 Å². The highest BCUT2D eigenvalue weighted by atomic mass is 35.5. The van der Waals surface area contributed by atoms with Gasteiger partial charge in [0.25, 0.3) is 5.91 Å². The average Bonchev–Trinajstić information content (AvgIpc) is 3.89. The Morgan fingerprint density at radius 2 is 1.31 bits per heavy atom. The molecule has 1 heterocycles. The van der Waals surface area contributed by atoms with Crippen LogP contribution in [0.5, 0.6) is 5.75 Å². The SMILES string of the molecule is CCCCCCCCCCCCCCCCNS(=O)(=O)c1ccc(Cl)c(NC(=O)C(OC(=O)N(CCCCCCCCCCCC)c2ccc(C=C(C#N)c3nc4ccccc4o3)c(C)c2)C(=O)c2ccc(OC)cc2)c1. The number of aryl methyl sites for hydroxylation is 1. The van der Waals surface area contributed by atoms with Gasteiger partial charge in [-0.05, 0) is 104 Å². The number of oxazole rings is 1. The molecule has 0 bridgehead atoms. The van der Waals surface area contributed by atoms with E-state index in [0.717, 1.165) is 50.5 Å². The molecule has 15 heteroatoms. The van der Waals surface area contributed by atoms with E-state index in [2.05, 4.69) is 34.9 Å². The van der Waals surface area contributed by atoms with Crippen molar-refractivity contribution in [2.45, 2.75) is 186 Å². The number of halogens is 1. The third kappa shape index (κ3) is 20.7. The fourth-order valence-corrected chi connectivity index (χ4v) is 10.5. The average molecular weight is 1090 g/mol. The molecule has 5 rings (SSSR count). The molecule has 77 heavy (non-hydrogen) atoms. The summed E-state index contributed by atoms with van der Waals surface area (Å²) in [5.74, 6) is -1.22. The first-order chi connectivity index (χ1) is 37.4. The molecule has 0 saturated carbocycles. The molecule has 0 aliphatic heterocycles. The van der Waals surface area contributed by atoms with Crippen LogP contribution in [0.15, 0.2) is 94.2 Å². The van der Waals surface area contributed by atoms with Gasteiger partial charge in [-0.1, -0.05) is 185 Å². The number of hydrogen-bond donors (Lipinski definition) is 2. The lowest BCUT2D eigenvalue weighted by molar-refractivity contribution is -0.122. The maximum atomic E-state index is 14.6. The fourth-order valence-electron chi connectivity index (χ4n) is 9.23. The van der Waals surface area contributed by atoms with Crippen LogP contribution in [0.25, 0.3) is 22.7 Å². The first kappa shape index (κ1) is 61.8. The van der Waals surface area contributed by atoms with Gasteiger partial charge >= 0.3 is 6.09 Å². The summed E-state index contributed by atoms with van der Waals surface area (Å²) < 4.78 is 46.9. The fraction of sp³-hybridized carbons (Fsp3) is 0.500. The topological polar surface area (TPSA) is 181 Å². The molecular weight excluding hydrogens is 1010 g/mol. The molecule has 0 saturated heterocycles. The molecule has 1 unspecified atom stereocenters. The zero-order valence-corrected chi connectivity index (χ0v) is 47.6. The van der Waals surface area contributed by atoms with Gasteiger partial charge in [-0.2, -0.15) is 5.26 Å². The summed E-state index contributed by atoms with van der Waals surface area (Å²) in [4.78, 5) is 49.2. The van der Waals surface area contributed by atoms with Crippen LogP contribution < -0.4 is 19.7 Å². The van der Waals surface area contributed by atoms with E-state index in [0.29, 0.717) is 40.9 Å². The summed E-state index contributed by atoms with van der Waals surface area (Å²) in [6, 6.07) is 24.7. The Kier molecular flexibility index (Phi) is 27.3. The van der Waals surface area contributed by atoms with Crippen LogP contribution in [0.4, 0.5) is 16.2 Å². The van der Waals surface area contributed by atoms with Gasteiger partial charge < -0.3 is 19.2 Å². The van der Waals surface area contributed by atoms with Crippen molar-refractivity contribution in [1.82, 2.24) is 9.71 Å². The first-order valence-corrected chi connectivity index (χ1v) is 30.1. The predicted molar refractivity (Wildman–Crippen MR) is 311 cm³/mol. The highest BCUT2D eigenvalue weighted by molar-refractivity contribution is 7.89. The summed E-state index contributed by atoms with van der Waals surface area (Å²) in [6.07, 6.45) is 26.1. The van der Waals surface area contributed by atoms with Gasteiger partial charge in [0.05, 0.1) is 22.7 Å². The van der Waals surface area contributed by atoms with Crippen LogP contribution in [0.2, 0.25) is 5.02 Å². The van der Waals surface area contributed by atoms with Crippen LogP contribution in [0, 0.1) is 18.3 Å². The number of anilines is 2. The van der Waals surface area contributed by atoms with E-state index in [9.17, 15) is 28.1 Å². The summed E-state index contributed by atoms with van der Waals surface area (Å²) in [6.45, 7) is 6.75. The van der Waals surface area contributed by atoms with E-state index >= 15 is 0 Å². The maximum absolute atomic E-state index is 14.6. The number of sulfonamides is 1. The summed E-state index contributed by atoms with van der Waals surface area (Å²) in [5.41, 5.74) is 3.20. The van der Waals surface area contributed by atoms with Crippen molar-refractivity contribution in [3.05, 3.63) is 113 Å². The molecule has 416 valence electrons. The standard InChI is InChI=1S/C62H82ClN5O8S/c1-5-7-9-11-13-15-17-18-19-20-21-23-25-29-41-65-77(72,73)53-39-40-54(63)56(45-53)66-60(70)59(58(69)48-34-37-52(74-4)38-35-48)76-62(71)68(42-30-26-24-22-16-14-12-10-8-6-2)51-36-33-49(47(3)43-51)44-50(46-64)61-67-55-31-27-28-32-57(55)75-61/h27-28,31-40,43-45,59,65H,5-26,29-30,41-42H2,1-4H3,(H,66,70). The second-order valence-electron chi connectivity index (χ2n) is 20.0. The molecule has 2 amide bonds. The van der Waals surface area contributed by atoms with Gasteiger partial charge in [0, 0.05) is 24.3 Å². The second kappa shape index (κ2) is 34.0. The van der Waals surface area contributed by atoms with Gasteiger partial charge in [0.1, 0.15) is 22.9 Å². The number of benzene rings is 4. The Labute approximate surface area is 463 Å². The quantitative estimate of drug-likeness (QED) is 0.0168. The normalized spacial score (nSPS) is 12.1. The number of nitriles is 1. The number of nitrogens with one attached hydrogen (secondary N) is 2. The number of ether oxygens (including phenoxy) is 2. The Hall–Kier alpha value is -6.01. The summed E-state index contributed by atoms with van der Waals surface area (Å²) >= 11 is 6.58. The minimum absolute atomic E-state index is 0.00843. The number of para-hydroxylation sites is 2. The van der Waals surface area contributed by atoms with E-state index in [1.807, 2.05) is 19.1 Å². The third-order valence-electron chi connectivity index (χ3n) is 13.9. The first-order valence-electron chi connectivity index (χ1n) is 28.2. The number of nitrogens with zero attached hydrogens (tertiary/aromatic N) is 3. The van der Waals surface area contributed by atoms with Crippen molar-refractivity contribution >= 4 is 73.5 Å². The molecule has 2 N–H and O–H groups in total. The van der Waals surface area contributed by atoms with Crippen molar-refractivity contribution in [3.63, 3.8) is 0 Å². The van der Waals surface area contributed by atoms with Crippen molar-refractivity contribution in [2.75, 3.05) is 30.4 Å². The van der Waals surface area contributed by atoms with Gasteiger partial charge in [-0.3, -0.25) is 14.5 Å². The highest BCUT2D eigenvalue weighted by Crippen LogP contribution is 2.29. The molecule has 0 aliphatic rings. The summed E-state index contributed by atoms with van der Waals surface area (Å²) in [7, 11) is -2.53. The number of aromatic nitrogens is 1. The van der Waals surface area contributed by atoms with Crippen LogP contribution in [-0.4, -0.2) is 57.5 Å². The lowest BCUT2D eigenvalue weighted by atomic mass is 10.0. The zero-order chi connectivity index (χ0) is 55.3. The Morgan fingerprint density at radius 3 is 1.87 bits per heavy atom. The van der Waals surface area contributed by atoms with Crippen LogP contribution >= 0.6 is 11.6 Å². The number of hydrogen-bond acceptors (Lipinski definition) is 10. The molecule has 0 fully saturated rings. The van der Waals surface area contributed by atoms with Crippen molar-refractivity contribution in [1.29, 1.82) is 5.26 Å². The Balaban J connectivity index is 1.30. The Morgan fingerprint density at radius 1 is 0.740 bits per heavy atom. The van der Waals surface area contributed by atoms with E-state index in [1.54, 1.807) is 48.5 Å². The van der Waals surface area contributed by atoms with Crippen LogP contribution in [-0.2, 0) is 19.6 Å². The number of methoxy groups -OCH3 is 1. The number of amides is 2. The van der Waals surface area contributed by atoms with Gasteiger partial charge in [-0.25, -0.2) is 22.9 Å². The number of fused-ring (bicyclic) bond motifs is 1. The number of carbonyl (C=O) groups is 3. The number of unbranched alkanes of at least 4 members (excludes halogenated alkanes) is 22. The summed E-state index contributed by atoms with van der Waals surface area (Å²) in [5, 5.41) is 12.8. The van der Waals surface area contributed by atoms with Crippen molar-refractivity contribution in [3.8, 4) is 11.8 Å². The van der Waals surface area contributed by atoms with Crippen LogP contribution in [0.1, 0.15) is 195 Å². The molecule has 1 aromatic heterocycles. The number of Topliss-reactive ketones (excluding diaryl/α,β-unsaturated/α-hetero) is 1. The predicted octanol–water partition coefficient (Wildman–Crippen LogP) is 16.4. The van der Waals surface area contributed by atoms with Crippen molar-refractivity contribution < 1.29 is 36.7 Å². The molecule has 4 aromatic carbocycles. The van der Waals surface area contributed by atoms with E-state index < -0.39 is 33.9 Å². The zero-order valence-electron chi connectivity index (χ0n) is 46.0. The number of ketones is 1. The number of carbonyl (C=O) groups excluding carboxylic acids is 3. The number of allylic oxidation sites excluding steroid dienone is 1. The third-order valence-corrected chi connectivity index (χ3v) is 15.7. The minimum Gasteiger partial charge on any atom is -0.497 e.